The van der Waals surface area contributed by atoms with Gasteiger partial charge in [0.2, 0.25) is 5.91 Å². The molecule has 0 saturated carbocycles. The summed E-state index contributed by atoms with van der Waals surface area (Å²) in [5.74, 6) is 1.30. The topological polar surface area (TPSA) is 38.8 Å². The van der Waals surface area contributed by atoms with E-state index in [9.17, 15) is 4.79 Å². The molecule has 0 bridgehead atoms. The third kappa shape index (κ3) is 3.26. The third-order valence-corrected chi connectivity index (χ3v) is 2.58. The summed E-state index contributed by atoms with van der Waals surface area (Å²) in [5, 5.41) is 0. The highest BCUT2D eigenvalue weighted by Gasteiger charge is 2.13. The van der Waals surface area contributed by atoms with Crippen molar-refractivity contribution in [2.24, 2.45) is 0 Å². The van der Waals surface area contributed by atoms with Crippen LogP contribution in [0.5, 0.6) is 11.5 Å². The largest absolute Gasteiger partial charge is 0.493 e. The van der Waals surface area contributed by atoms with Crippen molar-refractivity contribution in [1.29, 1.82) is 0 Å². The summed E-state index contributed by atoms with van der Waals surface area (Å²) in [4.78, 5) is 13.3. The highest BCUT2D eigenvalue weighted by molar-refractivity contribution is 5.87. The average molecular weight is 249 g/mol. The van der Waals surface area contributed by atoms with E-state index in [0.717, 1.165) is 5.56 Å². The van der Waals surface area contributed by atoms with Crippen LogP contribution in [0.2, 0.25) is 0 Å². The van der Waals surface area contributed by atoms with Gasteiger partial charge in [-0.25, -0.2) is 0 Å². The molecule has 0 atom stereocenters. The van der Waals surface area contributed by atoms with Gasteiger partial charge in [-0.3, -0.25) is 4.79 Å². The Bertz CT molecular complexity index is 441. The summed E-state index contributed by atoms with van der Waals surface area (Å²) < 4.78 is 10.6. The van der Waals surface area contributed by atoms with E-state index in [2.05, 4.69) is 0 Å². The summed E-state index contributed by atoms with van der Waals surface area (Å²) in [7, 11) is 4.94. The van der Waals surface area contributed by atoms with Crippen molar-refractivity contribution < 1.29 is 14.3 Å². The zero-order chi connectivity index (χ0) is 13.5. The van der Waals surface area contributed by atoms with E-state index in [1.54, 1.807) is 32.2 Å². The number of carbonyl (C=O) groups is 1. The number of ether oxygens (including phenoxy) is 2. The van der Waals surface area contributed by atoms with Crippen LogP contribution < -0.4 is 9.47 Å². The second-order valence-corrected chi connectivity index (χ2v) is 3.85. The molecule has 0 heterocycles. The number of hydrogen-bond acceptors (Lipinski definition) is 3. The predicted octanol–water partition coefficient (Wildman–Crippen LogP) is 2.24. The van der Waals surface area contributed by atoms with Crippen molar-refractivity contribution in [2.75, 3.05) is 21.3 Å². The lowest BCUT2D eigenvalue weighted by atomic mass is 10.1. The molecule has 1 aromatic rings. The Kier molecular flexibility index (Phi) is 5.24. The molecule has 0 radical (unpaired) electrons. The van der Waals surface area contributed by atoms with E-state index in [1.165, 1.54) is 6.08 Å². The van der Waals surface area contributed by atoms with Crippen molar-refractivity contribution in [3.05, 3.63) is 35.9 Å². The second-order valence-electron chi connectivity index (χ2n) is 3.85. The molecule has 1 aromatic carbocycles. The Balaban J connectivity index is 2.93. The minimum Gasteiger partial charge on any atom is -0.493 e. The molecule has 4 heteroatoms. The first-order valence-corrected chi connectivity index (χ1v) is 5.71. The van der Waals surface area contributed by atoms with Gasteiger partial charge in [0.05, 0.1) is 14.2 Å². The van der Waals surface area contributed by atoms with Gasteiger partial charge in [0.25, 0.3) is 0 Å². The van der Waals surface area contributed by atoms with E-state index < -0.39 is 0 Å². The zero-order valence-electron chi connectivity index (χ0n) is 11.3. The van der Waals surface area contributed by atoms with Crippen molar-refractivity contribution in [2.45, 2.75) is 13.5 Å². The number of likely N-dealkylation sites (N-methyl/N-ethyl adjacent to an activating group) is 1. The van der Waals surface area contributed by atoms with Crippen molar-refractivity contribution >= 4 is 5.91 Å². The molecule has 0 aliphatic carbocycles. The first kappa shape index (κ1) is 14.1. The molecular weight excluding hydrogens is 230 g/mol. The predicted molar refractivity (Wildman–Crippen MR) is 70.8 cm³/mol. The minimum absolute atomic E-state index is 0.0395. The maximum Gasteiger partial charge on any atom is 0.246 e. The van der Waals surface area contributed by atoms with Crippen LogP contribution in [0.4, 0.5) is 0 Å². The Morgan fingerprint density at radius 1 is 1.33 bits per heavy atom. The SMILES string of the molecule is CC=CC(=O)N(C)Cc1cccc(OC)c1OC. The van der Waals surface area contributed by atoms with Crippen LogP contribution in [0.15, 0.2) is 30.4 Å². The molecule has 0 aromatic heterocycles. The summed E-state index contributed by atoms with van der Waals surface area (Å²) in [5.41, 5.74) is 0.914. The van der Waals surface area contributed by atoms with Gasteiger partial charge in [-0.05, 0) is 19.1 Å². The number of benzene rings is 1. The molecule has 0 N–H and O–H groups in total. The fourth-order valence-electron chi connectivity index (χ4n) is 1.68. The van der Waals surface area contributed by atoms with Crippen LogP contribution in [0, 0.1) is 0 Å². The number of nitrogens with zero attached hydrogens (tertiary/aromatic N) is 1. The van der Waals surface area contributed by atoms with Gasteiger partial charge < -0.3 is 14.4 Å². The standard InChI is InChI=1S/C14H19NO3/c1-5-7-13(16)15(2)10-11-8-6-9-12(17-3)14(11)18-4/h5-9H,10H2,1-4H3. The number of hydrogen-bond donors (Lipinski definition) is 0. The Morgan fingerprint density at radius 2 is 2.06 bits per heavy atom. The van der Waals surface area contributed by atoms with E-state index in [1.807, 2.05) is 25.1 Å². The minimum atomic E-state index is -0.0395. The molecule has 98 valence electrons. The van der Waals surface area contributed by atoms with Crippen molar-refractivity contribution in [1.82, 2.24) is 4.90 Å². The van der Waals surface area contributed by atoms with Crippen LogP contribution in [0.25, 0.3) is 0 Å². The number of rotatable bonds is 5. The highest BCUT2D eigenvalue weighted by Crippen LogP contribution is 2.31. The molecule has 0 aliphatic heterocycles. The van der Waals surface area contributed by atoms with Crippen LogP contribution in [0.1, 0.15) is 12.5 Å². The summed E-state index contributed by atoms with van der Waals surface area (Å²) in [6.07, 6.45) is 3.26. The third-order valence-electron chi connectivity index (χ3n) is 2.58. The van der Waals surface area contributed by atoms with Crippen molar-refractivity contribution in [3.63, 3.8) is 0 Å². The number of carbonyl (C=O) groups excluding carboxylic acids is 1. The maximum atomic E-state index is 11.7. The number of methoxy groups -OCH3 is 2. The van der Waals surface area contributed by atoms with Gasteiger partial charge in [-0.2, -0.15) is 0 Å². The summed E-state index contributed by atoms with van der Waals surface area (Å²) >= 11 is 0. The molecule has 4 nitrogen and oxygen atoms in total. The molecule has 0 unspecified atom stereocenters. The van der Waals surface area contributed by atoms with Crippen molar-refractivity contribution in [3.8, 4) is 11.5 Å². The van der Waals surface area contributed by atoms with Gasteiger partial charge in [-0.15, -0.1) is 0 Å². The molecule has 18 heavy (non-hydrogen) atoms. The highest BCUT2D eigenvalue weighted by atomic mass is 16.5. The zero-order valence-corrected chi connectivity index (χ0v) is 11.3. The second kappa shape index (κ2) is 6.69. The molecule has 1 amide bonds. The summed E-state index contributed by atoms with van der Waals surface area (Å²) in [6, 6.07) is 5.63. The van der Waals surface area contributed by atoms with Gasteiger partial charge in [0.15, 0.2) is 11.5 Å². The maximum absolute atomic E-state index is 11.7. The lowest BCUT2D eigenvalue weighted by Crippen LogP contribution is -2.24. The monoisotopic (exact) mass is 249 g/mol. The first-order valence-electron chi connectivity index (χ1n) is 5.71. The lowest BCUT2D eigenvalue weighted by Gasteiger charge is -2.18. The molecule has 1 rings (SSSR count). The average Bonchev–Trinajstić information content (AvgIpc) is 2.38. The van der Waals surface area contributed by atoms with Gasteiger partial charge >= 0.3 is 0 Å². The van der Waals surface area contributed by atoms with Gasteiger partial charge in [-0.1, -0.05) is 18.2 Å². The molecule has 0 aliphatic rings. The van der Waals surface area contributed by atoms with E-state index in [-0.39, 0.29) is 5.91 Å². The fourth-order valence-corrected chi connectivity index (χ4v) is 1.68. The van der Waals surface area contributed by atoms with E-state index >= 15 is 0 Å². The van der Waals surface area contributed by atoms with Crippen LogP contribution >= 0.6 is 0 Å². The Morgan fingerprint density at radius 3 is 2.61 bits per heavy atom. The Labute approximate surface area is 108 Å². The lowest BCUT2D eigenvalue weighted by molar-refractivity contribution is -0.125. The van der Waals surface area contributed by atoms with Gasteiger partial charge in [0, 0.05) is 19.2 Å². The fraction of sp³-hybridized carbons (Fsp3) is 0.357. The quantitative estimate of drug-likeness (QED) is 0.751. The van der Waals surface area contributed by atoms with Crippen LogP contribution in [0.3, 0.4) is 0 Å². The molecule has 0 spiro atoms. The van der Waals surface area contributed by atoms with Crippen LogP contribution in [-0.2, 0) is 11.3 Å². The van der Waals surface area contributed by atoms with E-state index in [0.29, 0.717) is 18.0 Å². The summed E-state index contributed by atoms with van der Waals surface area (Å²) in [6.45, 7) is 2.29. The van der Waals surface area contributed by atoms with Crippen LogP contribution in [-0.4, -0.2) is 32.1 Å². The Hall–Kier alpha value is -1.97. The smallest absolute Gasteiger partial charge is 0.246 e. The molecular formula is C14H19NO3. The van der Waals surface area contributed by atoms with E-state index in [4.69, 9.17) is 9.47 Å². The van der Waals surface area contributed by atoms with Gasteiger partial charge in [0.1, 0.15) is 0 Å². The first-order chi connectivity index (χ1) is 8.63. The molecule has 0 fully saturated rings. The number of allylic oxidation sites excluding steroid dienone is 1. The number of para-hydroxylation sites is 1. The normalized spacial score (nSPS) is 10.4. The molecule has 0 saturated heterocycles. The number of amides is 1.